The van der Waals surface area contributed by atoms with E-state index in [4.69, 9.17) is 21.4 Å². The highest BCUT2D eigenvalue weighted by molar-refractivity contribution is 7.80. The van der Waals surface area contributed by atoms with E-state index in [1.54, 1.807) is 36.5 Å². The van der Waals surface area contributed by atoms with E-state index in [0.717, 1.165) is 5.69 Å². The molecular formula is C28H24N4O5S. The predicted octanol–water partition coefficient (Wildman–Crippen LogP) is 5.18. The summed E-state index contributed by atoms with van der Waals surface area (Å²) in [6.07, 6.45) is 1.72. The molecule has 0 bridgehead atoms. The van der Waals surface area contributed by atoms with Gasteiger partial charge in [-0.2, -0.15) is 0 Å². The Hall–Kier alpha value is -4.70. The summed E-state index contributed by atoms with van der Waals surface area (Å²) in [6, 6.07) is 20.5. The van der Waals surface area contributed by atoms with E-state index in [1.165, 1.54) is 20.1 Å². The molecule has 9 nitrogen and oxygen atoms in total. The van der Waals surface area contributed by atoms with Gasteiger partial charge in [-0.3, -0.25) is 9.78 Å². The quantitative estimate of drug-likeness (QED) is 0.279. The number of aromatic carboxylic acids is 1. The second kappa shape index (κ2) is 10.3. The topological polar surface area (TPSA) is 117 Å². The van der Waals surface area contributed by atoms with Gasteiger partial charge in [-0.1, -0.05) is 18.2 Å². The fourth-order valence-electron chi connectivity index (χ4n) is 4.53. The molecule has 0 unspecified atom stereocenters. The first kappa shape index (κ1) is 25.0. The van der Waals surface area contributed by atoms with Crippen LogP contribution in [-0.2, 0) is 4.79 Å². The third-order valence-electron chi connectivity index (χ3n) is 6.18. The molecule has 1 fully saturated rings. The summed E-state index contributed by atoms with van der Waals surface area (Å²) in [5.74, 6) is 0.387. The maximum absolute atomic E-state index is 11.8. The van der Waals surface area contributed by atoms with Gasteiger partial charge in [0.1, 0.15) is 23.3 Å². The number of hydrogen-bond donors (Lipinski definition) is 3. The van der Waals surface area contributed by atoms with Crippen LogP contribution in [0.5, 0.6) is 5.75 Å². The van der Waals surface area contributed by atoms with Gasteiger partial charge in [0.15, 0.2) is 5.11 Å². The zero-order valence-corrected chi connectivity index (χ0v) is 21.4. The zero-order valence-electron chi connectivity index (χ0n) is 20.5. The zero-order chi connectivity index (χ0) is 26.8. The number of ether oxygens (including phenoxy) is 1. The van der Waals surface area contributed by atoms with Crippen molar-refractivity contribution in [3.05, 3.63) is 96.0 Å². The number of carbonyl (C=O) groups is 2. The summed E-state index contributed by atoms with van der Waals surface area (Å²) in [5.41, 5.74) is 2.79. The van der Waals surface area contributed by atoms with Crippen molar-refractivity contribution in [1.82, 2.24) is 10.3 Å². The summed E-state index contributed by atoms with van der Waals surface area (Å²) in [7, 11) is 1.53. The van der Waals surface area contributed by atoms with Crippen molar-refractivity contribution in [2.45, 2.75) is 19.0 Å². The third-order valence-corrected chi connectivity index (χ3v) is 6.50. The molecule has 1 aliphatic rings. The Balaban J connectivity index is 1.60. The lowest BCUT2D eigenvalue weighted by molar-refractivity contribution is -0.114. The number of amides is 1. The molecular weight excluding hydrogens is 504 g/mol. The summed E-state index contributed by atoms with van der Waals surface area (Å²) in [5, 5.41) is 16.0. The first-order chi connectivity index (χ1) is 18.4. The molecule has 5 rings (SSSR count). The highest BCUT2D eigenvalue weighted by Crippen LogP contribution is 2.44. The number of hydrogen-bond acceptors (Lipinski definition) is 6. The molecule has 1 aliphatic heterocycles. The fraction of sp³-hybridized carbons (Fsp3) is 0.143. The number of nitrogens with one attached hydrogen (secondary N) is 2. The average molecular weight is 529 g/mol. The van der Waals surface area contributed by atoms with Crippen LogP contribution in [0, 0.1) is 0 Å². The monoisotopic (exact) mass is 528 g/mol. The molecule has 10 heteroatoms. The molecule has 2 aromatic heterocycles. The number of methoxy groups -OCH3 is 1. The third kappa shape index (κ3) is 4.81. The highest BCUT2D eigenvalue weighted by Gasteiger charge is 2.42. The van der Waals surface area contributed by atoms with Crippen molar-refractivity contribution >= 4 is 40.6 Å². The molecule has 0 radical (unpaired) electrons. The summed E-state index contributed by atoms with van der Waals surface area (Å²) in [4.78, 5) is 29.8. The predicted molar refractivity (Wildman–Crippen MR) is 146 cm³/mol. The van der Waals surface area contributed by atoms with Gasteiger partial charge in [0.05, 0.1) is 30.1 Å². The Labute approximate surface area is 224 Å². The van der Waals surface area contributed by atoms with Crippen molar-refractivity contribution in [3.63, 3.8) is 0 Å². The average Bonchev–Trinajstić information content (AvgIpc) is 3.53. The molecule has 1 amide bonds. The lowest BCUT2D eigenvalue weighted by atomic mass is 10.0. The van der Waals surface area contributed by atoms with E-state index in [0.29, 0.717) is 39.3 Å². The molecule has 0 spiro atoms. The molecule has 4 aromatic rings. The molecule has 2 aromatic carbocycles. The number of nitrogens with zero attached hydrogens (tertiary/aromatic N) is 2. The van der Waals surface area contributed by atoms with Crippen molar-refractivity contribution in [1.29, 1.82) is 0 Å². The van der Waals surface area contributed by atoms with E-state index in [-0.39, 0.29) is 17.5 Å². The van der Waals surface area contributed by atoms with Gasteiger partial charge in [0.2, 0.25) is 5.91 Å². The van der Waals surface area contributed by atoms with E-state index >= 15 is 0 Å². The number of carboxylic acid groups (broad SMARTS) is 1. The van der Waals surface area contributed by atoms with Crippen LogP contribution < -0.4 is 20.3 Å². The van der Waals surface area contributed by atoms with E-state index < -0.39 is 12.0 Å². The number of carboxylic acids is 1. The Bertz CT molecular complexity index is 1520. The standard InChI is InChI=1S/C28H24N4O5S/c1-16(33)30-21-15-19(9-10-23(21)36-2)32-26(25(31-28(32)38)20-8-3-4-13-29-20)24-12-11-22(37-24)17-6-5-7-18(14-17)27(34)35/h3-15,25-26H,1-2H3,(H,30,33)(H,31,38)(H,34,35)/t25-,26+/m0/s1. The van der Waals surface area contributed by atoms with Crippen molar-refractivity contribution in [3.8, 4) is 17.1 Å². The normalized spacial score (nSPS) is 16.7. The van der Waals surface area contributed by atoms with Crippen LogP contribution in [0.2, 0.25) is 0 Å². The number of pyridine rings is 1. The van der Waals surface area contributed by atoms with Gasteiger partial charge in [-0.15, -0.1) is 0 Å². The fourth-order valence-corrected chi connectivity index (χ4v) is 4.87. The van der Waals surface area contributed by atoms with Gasteiger partial charge in [0.25, 0.3) is 0 Å². The molecule has 3 heterocycles. The molecule has 38 heavy (non-hydrogen) atoms. The number of aromatic nitrogens is 1. The van der Waals surface area contributed by atoms with E-state index in [9.17, 15) is 14.7 Å². The number of benzene rings is 2. The maximum atomic E-state index is 11.8. The van der Waals surface area contributed by atoms with Crippen LogP contribution in [0.25, 0.3) is 11.3 Å². The first-order valence-corrected chi connectivity index (χ1v) is 12.2. The summed E-state index contributed by atoms with van der Waals surface area (Å²) in [6.45, 7) is 1.43. The van der Waals surface area contributed by atoms with E-state index in [2.05, 4.69) is 15.6 Å². The first-order valence-electron chi connectivity index (χ1n) is 11.8. The largest absolute Gasteiger partial charge is 0.495 e. The molecule has 192 valence electrons. The Kier molecular flexibility index (Phi) is 6.80. The lowest BCUT2D eigenvalue weighted by Crippen LogP contribution is -2.29. The lowest BCUT2D eigenvalue weighted by Gasteiger charge is -2.27. The number of furan rings is 1. The highest BCUT2D eigenvalue weighted by atomic mass is 32.1. The van der Waals surface area contributed by atoms with Gasteiger partial charge < -0.3 is 29.8 Å². The van der Waals surface area contributed by atoms with E-state index in [1.807, 2.05) is 41.3 Å². The van der Waals surface area contributed by atoms with Gasteiger partial charge in [0, 0.05) is 24.4 Å². The van der Waals surface area contributed by atoms with Crippen LogP contribution in [0.1, 0.15) is 40.8 Å². The van der Waals surface area contributed by atoms with Crippen molar-refractivity contribution < 1.29 is 23.8 Å². The number of anilines is 2. The van der Waals surface area contributed by atoms with Crippen LogP contribution in [0.4, 0.5) is 11.4 Å². The molecule has 0 aliphatic carbocycles. The Morgan fingerprint density at radius 3 is 2.66 bits per heavy atom. The number of rotatable bonds is 7. The van der Waals surface area contributed by atoms with Crippen LogP contribution in [0.15, 0.2) is 83.4 Å². The minimum Gasteiger partial charge on any atom is -0.495 e. The second-order valence-corrected chi connectivity index (χ2v) is 9.04. The van der Waals surface area contributed by atoms with Gasteiger partial charge in [-0.05, 0) is 66.8 Å². The summed E-state index contributed by atoms with van der Waals surface area (Å²) < 4.78 is 11.7. The number of carbonyl (C=O) groups excluding carboxylic acids is 1. The molecule has 0 saturated carbocycles. The smallest absolute Gasteiger partial charge is 0.335 e. The van der Waals surface area contributed by atoms with Gasteiger partial charge >= 0.3 is 5.97 Å². The van der Waals surface area contributed by atoms with Gasteiger partial charge in [-0.25, -0.2) is 4.79 Å². The SMILES string of the molecule is COc1ccc(N2C(=S)N[C@@H](c3ccccn3)[C@H]2c2ccc(-c3cccc(C(=O)O)c3)o2)cc1NC(C)=O. The Morgan fingerprint density at radius 1 is 1.11 bits per heavy atom. The summed E-state index contributed by atoms with van der Waals surface area (Å²) >= 11 is 5.78. The van der Waals surface area contributed by atoms with Crippen molar-refractivity contribution in [2.75, 3.05) is 17.3 Å². The second-order valence-electron chi connectivity index (χ2n) is 8.65. The maximum Gasteiger partial charge on any atom is 0.335 e. The number of thiocarbonyl (C=S) groups is 1. The Morgan fingerprint density at radius 2 is 1.95 bits per heavy atom. The molecule has 3 N–H and O–H groups in total. The molecule has 2 atom stereocenters. The minimum absolute atomic E-state index is 0.167. The van der Waals surface area contributed by atoms with Crippen LogP contribution >= 0.6 is 12.2 Å². The molecule has 1 saturated heterocycles. The minimum atomic E-state index is -1.01. The van der Waals surface area contributed by atoms with Crippen LogP contribution in [-0.4, -0.2) is 34.2 Å². The van der Waals surface area contributed by atoms with Crippen molar-refractivity contribution in [2.24, 2.45) is 0 Å². The van der Waals surface area contributed by atoms with Crippen LogP contribution in [0.3, 0.4) is 0 Å².